The summed E-state index contributed by atoms with van der Waals surface area (Å²) in [5.41, 5.74) is 4.42. The van der Waals surface area contributed by atoms with E-state index in [0.29, 0.717) is 5.70 Å². The largest absolute Gasteiger partial charge is 0.309 e. The molecule has 1 amide bonds. The van der Waals surface area contributed by atoms with Gasteiger partial charge in [0.05, 0.1) is 5.70 Å². The zero-order chi connectivity index (χ0) is 10.6. The SMILES string of the molecule is C=C=C(c1ccccc1)N(C)C(C)=O. The van der Waals surface area contributed by atoms with Crippen molar-refractivity contribution in [2.45, 2.75) is 6.92 Å². The summed E-state index contributed by atoms with van der Waals surface area (Å²) in [6.45, 7) is 5.10. The molecule has 0 radical (unpaired) electrons. The summed E-state index contributed by atoms with van der Waals surface area (Å²) in [7, 11) is 1.71. The van der Waals surface area contributed by atoms with Crippen molar-refractivity contribution in [2.75, 3.05) is 7.05 Å². The van der Waals surface area contributed by atoms with Crippen LogP contribution in [0.1, 0.15) is 12.5 Å². The van der Waals surface area contributed by atoms with Gasteiger partial charge in [0, 0.05) is 19.5 Å². The van der Waals surface area contributed by atoms with E-state index in [1.807, 2.05) is 30.3 Å². The van der Waals surface area contributed by atoms with Gasteiger partial charge in [-0.05, 0) is 0 Å². The van der Waals surface area contributed by atoms with E-state index in [0.717, 1.165) is 5.56 Å². The maximum Gasteiger partial charge on any atom is 0.224 e. The van der Waals surface area contributed by atoms with Gasteiger partial charge < -0.3 is 4.90 Å². The second-order valence-corrected chi connectivity index (χ2v) is 2.97. The number of rotatable bonds is 2. The summed E-state index contributed by atoms with van der Waals surface area (Å²) in [6.07, 6.45) is 0. The van der Waals surface area contributed by atoms with Gasteiger partial charge in [-0.3, -0.25) is 4.79 Å². The van der Waals surface area contributed by atoms with E-state index >= 15 is 0 Å². The molecular weight excluding hydrogens is 174 g/mol. The first-order valence-corrected chi connectivity index (χ1v) is 4.36. The average Bonchev–Trinajstić information content (AvgIpc) is 2.20. The van der Waals surface area contributed by atoms with Crippen molar-refractivity contribution in [1.82, 2.24) is 4.90 Å². The van der Waals surface area contributed by atoms with E-state index in [4.69, 9.17) is 0 Å². The molecular formula is C12H13NO. The van der Waals surface area contributed by atoms with E-state index in [1.165, 1.54) is 11.8 Å². The number of benzene rings is 1. The van der Waals surface area contributed by atoms with Crippen LogP contribution >= 0.6 is 0 Å². The fourth-order valence-corrected chi connectivity index (χ4v) is 1.17. The number of carbonyl (C=O) groups is 1. The maximum atomic E-state index is 11.2. The van der Waals surface area contributed by atoms with E-state index in [-0.39, 0.29) is 5.91 Å². The zero-order valence-corrected chi connectivity index (χ0v) is 8.45. The van der Waals surface area contributed by atoms with Crippen LogP contribution in [0.15, 0.2) is 42.6 Å². The quantitative estimate of drug-likeness (QED) is 0.650. The lowest BCUT2D eigenvalue weighted by atomic mass is 10.1. The van der Waals surface area contributed by atoms with Crippen molar-refractivity contribution in [3.8, 4) is 0 Å². The molecule has 2 nitrogen and oxygen atoms in total. The molecule has 72 valence electrons. The highest BCUT2D eigenvalue weighted by atomic mass is 16.2. The number of nitrogens with zero attached hydrogens (tertiary/aromatic N) is 1. The molecule has 1 rings (SSSR count). The van der Waals surface area contributed by atoms with Crippen molar-refractivity contribution in [3.05, 3.63) is 48.2 Å². The van der Waals surface area contributed by atoms with Gasteiger partial charge in [-0.2, -0.15) is 0 Å². The molecule has 0 N–H and O–H groups in total. The molecule has 0 aliphatic rings. The number of amides is 1. The molecule has 1 aromatic carbocycles. The van der Waals surface area contributed by atoms with Gasteiger partial charge >= 0.3 is 0 Å². The molecule has 2 heteroatoms. The van der Waals surface area contributed by atoms with Crippen LogP contribution in [0.2, 0.25) is 0 Å². The Bertz CT molecular complexity index is 375. The molecule has 0 saturated heterocycles. The highest BCUT2D eigenvalue weighted by Gasteiger charge is 2.09. The minimum absolute atomic E-state index is 0.0278. The summed E-state index contributed by atoms with van der Waals surface area (Å²) in [6, 6.07) is 9.61. The monoisotopic (exact) mass is 187 g/mol. The van der Waals surface area contributed by atoms with Crippen molar-refractivity contribution in [1.29, 1.82) is 0 Å². The van der Waals surface area contributed by atoms with Crippen LogP contribution in [0, 0.1) is 0 Å². The molecule has 0 unspecified atom stereocenters. The third kappa shape index (κ3) is 2.12. The van der Waals surface area contributed by atoms with Gasteiger partial charge in [-0.15, -0.1) is 5.73 Å². The summed E-state index contributed by atoms with van der Waals surface area (Å²) < 4.78 is 0. The molecule has 0 saturated carbocycles. The Morgan fingerprint density at radius 3 is 2.36 bits per heavy atom. The Balaban J connectivity index is 3.07. The van der Waals surface area contributed by atoms with Crippen LogP contribution in [0.4, 0.5) is 0 Å². The fraction of sp³-hybridized carbons (Fsp3) is 0.167. The number of carbonyl (C=O) groups excluding carboxylic acids is 1. The van der Waals surface area contributed by atoms with Crippen LogP contribution in [-0.4, -0.2) is 17.9 Å². The molecule has 0 aromatic heterocycles. The lowest BCUT2D eigenvalue weighted by molar-refractivity contribution is -0.124. The topological polar surface area (TPSA) is 20.3 Å². The Labute approximate surface area is 84.2 Å². The van der Waals surface area contributed by atoms with Crippen LogP contribution in [0.25, 0.3) is 5.70 Å². The normalized spacial score (nSPS) is 9.00. The van der Waals surface area contributed by atoms with Gasteiger partial charge in [0.1, 0.15) is 0 Å². The van der Waals surface area contributed by atoms with Crippen molar-refractivity contribution in [2.24, 2.45) is 0 Å². The maximum absolute atomic E-state index is 11.2. The van der Waals surface area contributed by atoms with E-state index in [1.54, 1.807) is 7.05 Å². The molecule has 0 aliphatic carbocycles. The first-order chi connectivity index (χ1) is 6.66. The summed E-state index contributed by atoms with van der Waals surface area (Å²) in [4.78, 5) is 12.7. The van der Waals surface area contributed by atoms with E-state index in [2.05, 4.69) is 12.3 Å². The third-order valence-corrected chi connectivity index (χ3v) is 2.02. The summed E-state index contributed by atoms with van der Waals surface area (Å²) >= 11 is 0. The van der Waals surface area contributed by atoms with Crippen LogP contribution in [0.3, 0.4) is 0 Å². The molecule has 0 spiro atoms. The van der Waals surface area contributed by atoms with Gasteiger partial charge in [-0.1, -0.05) is 36.9 Å². The molecule has 0 bridgehead atoms. The van der Waals surface area contributed by atoms with Gasteiger partial charge in [0.25, 0.3) is 0 Å². The molecule has 0 heterocycles. The Kier molecular flexibility index (Phi) is 3.27. The summed E-state index contributed by atoms with van der Waals surface area (Å²) in [5.74, 6) is -0.0278. The van der Waals surface area contributed by atoms with E-state index < -0.39 is 0 Å². The van der Waals surface area contributed by atoms with Crippen LogP contribution in [-0.2, 0) is 4.79 Å². The third-order valence-electron chi connectivity index (χ3n) is 2.02. The smallest absolute Gasteiger partial charge is 0.224 e. The number of hydrogen-bond donors (Lipinski definition) is 0. The van der Waals surface area contributed by atoms with Crippen LogP contribution in [0.5, 0.6) is 0 Å². The highest BCUT2D eigenvalue weighted by Crippen LogP contribution is 2.15. The molecule has 0 aliphatic heterocycles. The zero-order valence-electron chi connectivity index (χ0n) is 8.45. The highest BCUT2D eigenvalue weighted by molar-refractivity contribution is 5.84. The predicted molar refractivity (Wildman–Crippen MR) is 57.4 cm³/mol. The average molecular weight is 187 g/mol. The Hall–Kier alpha value is -1.79. The van der Waals surface area contributed by atoms with Crippen LogP contribution < -0.4 is 0 Å². The standard InChI is InChI=1S/C12H13NO/c1-4-12(13(3)10(2)14)11-8-6-5-7-9-11/h5-9H,1H2,2-3H3. The second-order valence-electron chi connectivity index (χ2n) is 2.97. The second kappa shape index (κ2) is 4.45. The van der Waals surface area contributed by atoms with E-state index in [9.17, 15) is 4.79 Å². The molecule has 0 fully saturated rings. The minimum Gasteiger partial charge on any atom is -0.309 e. The van der Waals surface area contributed by atoms with Gasteiger partial charge in [0.15, 0.2) is 0 Å². The Morgan fingerprint density at radius 2 is 1.93 bits per heavy atom. The Morgan fingerprint density at radius 1 is 1.36 bits per heavy atom. The van der Waals surface area contributed by atoms with Gasteiger partial charge in [0.2, 0.25) is 5.91 Å². The van der Waals surface area contributed by atoms with Crippen molar-refractivity contribution in [3.63, 3.8) is 0 Å². The first-order valence-electron chi connectivity index (χ1n) is 4.36. The van der Waals surface area contributed by atoms with Crippen molar-refractivity contribution < 1.29 is 4.79 Å². The molecule has 1 aromatic rings. The summed E-state index contributed by atoms with van der Waals surface area (Å²) in [5, 5.41) is 0. The predicted octanol–water partition coefficient (Wildman–Crippen LogP) is 2.29. The van der Waals surface area contributed by atoms with Crippen molar-refractivity contribution >= 4 is 11.6 Å². The number of hydrogen-bond acceptors (Lipinski definition) is 1. The fourth-order valence-electron chi connectivity index (χ4n) is 1.17. The molecule has 0 atom stereocenters. The van der Waals surface area contributed by atoms with Gasteiger partial charge in [-0.25, -0.2) is 0 Å². The lowest BCUT2D eigenvalue weighted by Gasteiger charge is -2.16. The lowest BCUT2D eigenvalue weighted by Crippen LogP contribution is -2.21. The minimum atomic E-state index is -0.0278. The molecule has 14 heavy (non-hydrogen) atoms. The first kappa shape index (κ1) is 10.3.